The molecule has 23 heavy (non-hydrogen) atoms. The van der Waals surface area contributed by atoms with Crippen molar-refractivity contribution in [2.45, 2.75) is 45.1 Å². The number of rotatable bonds is 5. The Morgan fingerprint density at radius 2 is 1.74 bits per heavy atom. The van der Waals surface area contributed by atoms with E-state index in [0.717, 1.165) is 32.2 Å². The highest BCUT2D eigenvalue weighted by atomic mass is 16.2. The molecule has 1 amide bonds. The average Bonchev–Trinajstić information content (AvgIpc) is 3.11. The van der Waals surface area contributed by atoms with Gasteiger partial charge in [-0.15, -0.1) is 0 Å². The molecule has 0 bridgehead atoms. The van der Waals surface area contributed by atoms with Gasteiger partial charge in [-0.25, -0.2) is 0 Å². The van der Waals surface area contributed by atoms with Crippen molar-refractivity contribution in [3.8, 4) is 0 Å². The molecule has 1 aliphatic rings. The lowest BCUT2D eigenvalue weighted by atomic mass is 10.0. The van der Waals surface area contributed by atoms with Crippen LogP contribution in [0.1, 0.15) is 48.9 Å². The molecule has 0 aromatic heterocycles. The predicted molar refractivity (Wildman–Crippen MR) is 94.3 cm³/mol. The first-order valence-electron chi connectivity index (χ1n) is 8.70. The van der Waals surface area contributed by atoms with Crippen molar-refractivity contribution in [2.75, 3.05) is 6.54 Å². The summed E-state index contributed by atoms with van der Waals surface area (Å²) in [5.74, 6) is 0.288. The van der Waals surface area contributed by atoms with Crippen LogP contribution >= 0.6 is 0 Å². The lowest BCUT2D eigenvalue weighted by Gasteiger charge is -2.25. The van der Waals surface area contributed by atoms with Gasteiger partial charge in [-0.05, 0) is 42.4 Å². The molecule has 0 radical (unpaired) electrons. The monoisotopic (exact) mass is 307 g/mol. The largest absolute Gasteiger partial charge is 0.336 e. The third-order valence-electron chi connectivity index (χ3n) is 4.82. The first kappa shape index (κ1) is 15.8. The number of hydrogen-bond donors (Lipinski definition) is 0. The highest BCUT2D eigenvalue weighted by Gasteiger charge is 2.29. The number of amides is 1. The second-order valence-electron chi connectivity index (χ2n) is 6.33. The summed E-state index contributed by atoms with van der Waals surface area (Å²) in [5.41, 5.74) is 3.88. The summed E-state index contributed by atoms with van der Waals surface area (Å²) in [5, 5.41) is 0. The van der Waals surface area contributed by atoms with E-state index in [1.165, 1.54) is 16.7 Å². The number of likely N-dealkylation sites (tertiary alicyclic amines) is 1. The van der Waals surface area contributed by atoms with Crippen LogP contribution < -0.4 is 0 Å². The molecular formula is C21H25NO. The van der Waals surface area contributed by atoms with E-state index in [0.29, 0.717) is 6.42 Å². The molecule has 0 saturated carbocycles. The minimum absolute atomic E-state index is 0.270. The highest BCUT2D eigenvalue weighted by molar-refractivity contribution is 5.77. The van der Waals surface area contributed by atoms with Crippen LogP contribution in [-0.2, 0) is 17.6 Å². The molecule has 1 unspecified atom stereocenters. The van der Waals surface area contributed by atoms with Gasteiger partial charge in [0, 0.05) is 13.0 Å². The van der Waals surface area contributed by atoms with E-state index in [1.54, 1.807) is 0 Å². The number of carbonyl (C=O) groups excluding carboxylic acids is 1. The zero-order chi connectivity index (χ0) is 16.1. The van der Waals surface area contributed by atoms with Crippen LogP contribution in [0.3, 0.4) is 0 Å². The Hall–Kier alpha value is -2.09. The minimum Gasteiger partial charge on any atom is -0.336 e. The molecule has 1 heterocycles. The SMILES string of the molecule is CCc1ccc(CCC(=O)N2CCCC2c2ccccc2)cc1. The van der Waals surface area contributed by atoms with E-state index in [-0.39, 0.29) is 11.9 Å². The van der Waals surface area contributed by atoms with Gasteiger partial charge in [-0.1, -0.05) is 61.5 Å². The molecule has 0 aliphatic carbocycles. The Morgan fingerprint density at radius 1 is 1.04 bits per heavy atom. The van der Waals surface area contributed by atoms with Crippen molar-refractivity contribution in [2.24, 2.45) is 0 Å². The van der Waals surface area contributed by atoms with Crippen molar-refractivity contribution in [1.82, 2.24) is 4.90 Å². The summed E-state index contributed by atoms with van der Waals surface area (Å²) in [6, 6.07) is 19.4. The number of carbonyl (C=O) groups is 1. The normalized spacial score (nSPS) is 17.4. The van der Waals surface area contributed by atoms with Gasteiger partial charge >= 0.3 is 0 Å². The lowest BCUT2D eigenvalue weighted by Crippen LogP contribution is -2.30. The molecule has 1 saturated heterocycles. The minimum atomic E-state index is 0.270. The molecule has 120 valence electrons. The fourth-order valence-corrected chi connectivity index (χ4v) is 3.42. The highest BCUT2D eigenvalue weighted by Crippen LogP contribution is 2.32. The van der Waals surface area contributed by atoms with Crippen molar-refractivity contribution >= 4 is 5.91 Å². The standard InChI is InChI=1S/C21H25NO/c1-2-17-10-12-18(13-11-17)14-15-21(23)22-16-6-9-20(22)19-7-4-3-5-8-19/h3-5,7-8,10-13,20H,2,6,9,14-16H2,1H3. The molecule has 2 heteroatoms. The van der Waals surface area contributed by atoms with E-state index in [9.17, 15) is 4.79 Å². The molecule has 2 aromatic carbocycles. The summed E-state index contributed by atoms with van der Waals surface area (Å²) < 4.78 is 0. The molecule has 2 aromatic rings. The molecule has 1 aliphatic heterocycles. The summed E-state index contributed by atoms with van der Waals surface area (Å²) >= 11 is 0. The van der Waals surface area contributed by atoms with Gasteiger partial charge in [-0.3, -0.25) is 4.79 Å². The van der Waals surface area contributed by atoms with Gasteiger partial charge in [-0.2, -0.15) is 0 Å². The Balaban J connectivity index is 1.60. The van der Waals surface area contributed by atoms with Gasteiger partial charge < -0.3 is 4.90 Å². The third-order valence-corrected chi connectivity index (χ3v) is 4.82. The predicted octanol–water partition coefficient (Wildman–Crippen LogP) is 4.55. The van der Waals surface area contributed by atoms with Crippen molar-refractivity contribution in [1.29, 1.82) is 0 Å². The molecule has 3 rings (SSSR count). The van der Waals surface area contributed by atoms with Crippen molar-refractivity contribution in [3.05, 3.63) is 71.3 Å². The number of nitrogens with zero attached hydrogens (tertiary/aromatic N) is 1. The first-order chi connectivity index (χ1) is 11.3. The van der Waals surface area contributed by atoms with Crippen LogP contribution in [-0.4, -0.2) is 17.4 Å². The fourth-order valence-electron chi connectivity index (χ4n) is 3.42. The average molecular weight is 307 g/mol. The number of aryl methyl sites for hydroxylation is 2. The van der Waals surface area contributed by atoms with Crippen LogP contribution in [0.2, 0.25) is 0 Å². The molecular weight excluding hydrogens is 282 g/mol. The number of benzene rings is 2. The first-order valence-corrected chi connectivity index (χ1v) is 8.70. The molecule has 1 atom stereocenters. The third kappa shape index (κ3) is 3.82. The van der Waals surface area contributed by atoms with Crippen molar-refractivity contribution in [3.63, 3.8) is 0 Å². The Bertz CT molecular complexity index is 633. The van der Waals surface area contributed by atoms with Crippen molar-refractivity contribution < 1.29 is 4.79 Å². The van der Waals surface area contributed by atoms with E-state index < -0.39 is 0 Å². The van der Waals surface area contributed by atoms with Crippen LogP contribution in [0.15, 0.2) is 54.6 Å². The Labute approximate surface area is 139 Å². The zero-order valence-electron chi connectivity index (χ0n) is 13.9. The van der Waals surface area contributed by atoms with Crippen LogP contribution in [0, 0.1) is 0 Å². The summed E-state index contributed by atoms with van der Waals surface area (Å²) in [6.45, 7) is 3.06. The van der Waals surface area contributed by atoms with Gasteiger partial charge in [0.2, 0.25) is 5.91 Å². The molecule has 2 nitrogen and oxygen atoms in total. The van der Waals surface area contributed by atoms with Gasteiger partial charge in [0.15, 0.2) is 0 Å². The van der Waals surface area contributed by atoms with E-state index >= 15 is 0 Å². The van der Waals surface area contributed by atoms with Crippen LogP contribution in [0.5, 0.6) is 0 Å². The van der Waals surface area contributed by atoms with E-state index in [2.05, 4.69) is 60.4 Å². The smallest absolute Gasteiger partial charge is 0.223 e. The molecule has 0 spiro atoms. The maximum atomic E-state index is 12.7. The van der Waals surface area contributed by atoms with E-state index in [4.69, 9.17) is 0 Å². The molecule has 1 fully saturated rings. The van der Waals surface area contributed by atoms with Crippen LogP contribution in [0.4, 0.5) is 0 Å². The zero-order valence-corrected chi connectivity index (χ0v) is 13.9. The Morgan fingerprint density at radius 3 is 2.43 bits per heavy atom. The molecule has 0 N–H and O–H groups in total. The topological polar surface area (TPSA) is 20.3 Å². The second-order valence-corrected chi connectivity index (χ2v) is 6.33. The number of hydrogen-bond acceptors (Lipinski definition) is 1. The van der Waals surface area contributed by atoms with Crippen LogP contribution in [0.25, 0.3) is 0 Å². The van der Waals surface area contributed by atoms with Gasteiger partial charge in [0.1, 0.15) is 0 Å². The quantitative estimate of drug-likeness (QED) is 0.794. The van der Waals surface area contributed by atoms with E-state index in [1.807, 2.05) is 6.07 Å². The fraction of sp³-hybridized carbons (Fsp3) is 0.381. The summed E-state index contributed by atoms with van der Waals surface area (Å²) in [6.07, 6.45) is 4.69. The maximum absolute atomic E-state index is 12.7. The lowest BCUT2D eigenvalue weighted by molar-refractivity contribution is -0.132. The van der Waals surface area contributed by atoms with Gasteiger partial charge in [0.25, 0.3) is 0 Å². The second kappa shape index (κ2) is 7.45. The van der Waals surface area contributed by atoms with Gasteiger partial charge in [0.05, 0.1) is 6.04 Å². The summed E-state index contributed by atoms with van der Waals surface area (Å²) in [4.78, 5) is 14.7. The Kier molecular flexibility index (Phi) is 5.12. The maximum Gasteiger partial charge on any atom is 0.223 e. The summed E-state index contributed by atoms with van der Waals surface area (Å²) in [7, 11) is 0.